The van der Waals surface area contributed by atoms with Gasteiger partial charge in [0.25, 0.3) is 11.8 Å². The molecule has 0 radical (unpaired) electrons. The summed E-state index contributed by atoms with van der Waals surface area (Å²) in [5.41, 5.74) is 2.87. The number of aromatic amines is 1. The number of hydrogen-bond acceptors (Lipinski definition) is 3. The summed E-state index contributed by atoms with van der Waals surface area (Å²) in [6.07, 6.45) is 2.83. The van der Waals surface area contributed by atoms with E-state index in [1.54, 1.807) is 18.2 Å². The number of aryl methyl sites for hydroxylation is 1. The molecule has 6 heteroatoms. The van der Waals surface area contributed by atoms with Gasteiger partial charge in [-0.15, -0.1) is 0 Å². The summed E-state index contributed by atoms with van der Waals surface area (Å²) in [5, 5.41) is 12.5. The van der Waals surface area contributed by atoms with Crippen LogP contribution in [0.5, 0.6) is 0 Å². The predicted molar refractivity (Wildman–Crippen MR) is 92.8 cm³/mol. The van der Waals surface area contributed by atoms with Gasteiger partial charge >= 0.3 is 0 Å². The number of hydrogen-bond donors (Lipinski definition) is 3. The fourth-order valence-electron chi connectivity index (χ4n) is 2.19. The summed E-state index contributed by atoms with van der Waals surface area (Å²) in [7, 11) is 0. The third-order valence-electron chi connectivity index (χ3n) is 3.73. The second kappa shape index (κ2) is 8.86. The zero-order valence-electron chi connectivity index (χ0n) is 14.2. The molecule has 0 fully saturated rings. The van der Waals surface area contributed by atoms with Crippen LogP contribution in [0, 0.1) is 0 Å². The molecule has 0 bridgehead atoms. The Morgan fingerprint density at radius 2 is 1.83 bits per heavy atom. The molecule has 128 valence electrons. The van der Waals surface area contributed by atoms with Crippen LogP contribution in [0.15, 0.2) is 30.3 Å². The molecule has 0 aliphatic rings. The van der Waals surface area contributed by atoms with Crippen molar-refractivity contribution in [1.82, 2.24) is 20.8 Å². The highest BCUT2D eigenvalue weighted by Crippen LogP contribution is 2.06. The van der Waals surface area contributed by atoms with Crippen molar-refractivity contribution in [2.75, 3.05) is 6.54 Å². The molecule has 1 heterocycles. The Labute approximate surface area is 142 Å². The molecule has 0 aliphatic carbocycles. The van der Waals surface area contributed by atoms with Crippen LogP contribution in [0.1, 0.15) is 58.8 Å². The molecular formula is C18H24N4O2. The first-order valence-corrected chi connectivity index (χ1v) is 8.33. The first-order chi connectivity index (χ1) is 11.6. The van der Waals surface area contributed by atoms with Crippen molar-refractivity contribution in [3.8, 4) is 0 Å². The minimum absolute atomic E-state index is 0.0670. The van der Waals surface area contributed by atoms with Gasteiger partial charge < -0.3 is 10.6 Å². The number of aromatic nitrogens is 2. The summed E-state index contributed by atoms with van der Waals surface area (Å²) in [6.45, 7) is 5.16. The van der Waals surface area contributed by atoms with Crippen LogP contribution in [0.25, 0.3) is 0 Å². The minimum atomic E-state index is -0.215. The van der Waals surface area contributed by atoms with Crippen LogP contribution < -0.4 is 10.6 Å². The van der Waals surface area contributed by atoms with Gasteiger partial charge in [-0.05, 0) is 36.6 Å². The number of H-pyrrole nitrogens is 1. The van der Waals surface area contributed by atoms with Crippen molar-refractivity contribution in [2.24, 2.45) is 0 Å². The van der Waals surface area contributed by atoms with Crippen molar-refractivity contribution in [1.29, 1.82) is 0 Å². The molecule has 3 N–H and O–H groups in total. The van der Waals surface area contributed by atoms with E-state index in [2.05, 4.69) is 27.8 Å². The van der Waals surface area contributed by atoms with Gasteiger partial charge in [-0.1, -0.05) is 32.4 Å². The third-order valence-corrected chi connectivity index (χ3v) is 3.73. The van der Waals surface area contributed by atoms with E-state index in [9.17, 15) is 9.59 Å². The molecule has 0 atom stereocenters. The van der Waals surface area contributed by atoms with Crippen molar-refractivity contribution >= 4 is 11.8 Å². The van der Waals surface area contributed by atoms with Gasteiger partial charge in [-0.3, -0.25) is 14.7 Å². The summed E-state index contributed by atoms with van der Waals surface area (Å²) in [6, 6.07) is 8.98. The Kier molecular flexibility index (Phi) is 6.54. The second-order valence-electron chi connectivity index (χ2n) is 5.62. The molecular weight excluding hydrogens is 304 g/mol. The van der Waals surface area contributed by atoms with Crippen molar-refractivity contribution in [2.45, 2.75) is 39.7 Å². The maximum atomic E-state index is 12.0. The SMILES string of the molecule is CCCCNC(=O)c1ccc(CNC(=O)c2cc(CC)[nH]n2)cc1. The molecule has 1 aromatic heterocycles. The van der Waals surface area contributed by atoms with Gasteiger partial charge in [0.2, 0.25) is 0 Å². The highest BCUT2D eigenvalue weighted by Gasteiger charge is 2.10. The number of benzene rings is 1. The topological polar surface area (TPSA) is 86.9 Å². The maximum Gasteiger partial charge on any atom is 0.272 e. The molecule has 0 aliphatic heterocycles. The Bertz CT molecular complexity index is 677. The summed E-state index contributed by atoms with van der Waals surface area (Å²) < 4.78 is 0. The lowest BCUT2D eigenvalue weighted by Crippen LogP contribution is -2.25. The lowest BCUT2D eigenvalue weighted by molar-refractivity contribution is 0.0939. The summed E-state index contributed by atoms with van der Waals surface area (Å²) in [5.74, 6) is -0.282. The molecule has 2 rings (SSSR count). The molecule has 0 saturated carbocycles. The Balaban J connectivity index is 1.85. The first-order valence-electron chi connectivity index (χ1n) is 8.33. The van der Waals surface area contributed by atoms with Crippen LogP contribution in [-0.4, -0.2) is 28.6 Å². The predicted octanol–water partition coefficient (Wildman–Crippen LogP) is 2.43. The monoisotopic (exact) mass is 328 g/mol. The zero-order chi connectivity index (χ0) is 17.4. The van der Waals surface area contributed by atoms with Gasteiger partial charge in [-0.25, -0.2) is 0 Å². The number of carbonyl (C=O) groups is 2. The Morgan fingerprint density at radius 3 is 2.46 bits per heavy atom. The Morgan fingerprint density at radius 1 is 1.08 bits per heavy atom. The lowest BCUT2D eigenvalue weighted by atomic mass is 10.1. The standard InChI is InChI=1S/C18H24N4O2/c1-3-5-10-19-17(23)14-8-6-13(7-9-14)12-20-18(24)16-11-15(4-2)21-22-16/h6-9,11H,3-5,10,12H2,1-2H3,(H,19,23)(H,20,24)(H,21,22). The zero-order valence-corrected chi connectivity index (χ0v) is 14.2. The van der Waals surface area contributed by atoms with Gasteiger partial charge in [0, 0.05) is 24.3 Å². The number of rotatable bonds is 8. The fraction of sp³-hybridized carbons (Fsp3) is 0.389. The minimum Gasteiger partial charge on any atom is -0.352 e. The van der Waals surface area contributed by atoms with Gasteiger partial charge in [0.05, 0.1) is 0 Å². The number of carbonyl (C=O) groups excluding carboxylic acids is 2. The molecule has 0 unspecified atom stereocenters. The Hall–Kier alpha value is -2.63. The van der Waals surface area contributed by atoms with E-state index >= 15 is 0 Å². The average molecular weight is 328 g/mol. The highest BCUT2D eigenvalue weighted by atomic mass is 16.2. The first kappa shape index (κ1) is 17.7. The van der Waals surface area contributed by atoms with Crippen LogP contribution in [-0.2, 0) is 13.0 Å². The average Bonchev–Trinajstić information content (AvgIpc) is 3.09. The van der Waals surface area contributed by atoms with E-state index in [1.165, 1.54) is 0 Å². The van der Waals surface area contributed by atoms with Gasteiger partial charge in [-0.2, -0.15) is 5.10 Å². The quantitative estimate of drug-likeness (QED) is 0.650. The van der Waals surface area contributed by atoms with Crippen LogP contribution in [0.4, 0.5) is 0 Å². The molecule has 24 heavy (non-hydrogen) atoms. The van der Waals surface area contributed by atoms with Crippen LogP contribution in [0.3, 0.4) is 0 Å². The smallest absolute Gasteiger partial charge is 0.272 e. The number of nitrogens with zero attached hydrogens (tertiary/aromatic N) is 1. The largest absolute Gasteiger partial charge is 0.352 e. The number of amides is 2. The van der Waals surface area contributed by atoms with Crippen LogP contribution >= 0.6 is 0 Å². The van der Waals surface area contributed by atoms with Crippen molar-refractivity contribution < 1.29 is 9.59 Å². The van der Waals surface area contributed by atoms with E-state index in [0.717, 1.165) is 30.5 Å². The molecule has 2 amide bonds. The number of unbranched alkanes of at least 4 members (excludes halogenated alkanes) is 1. The maximum absolute atomic E-state index is 12.0. The third kappa shape index (κ3) is 4.94. The van der Waals surface area contributed by atoms with Crippen LogP contribution in [0.2, 0.25) is 0 Å². The van der Waals surface area contributed by atoms with Gasteiger partial charge in [0.15, 0.2) is 0 Å². The van der Waals surface area contributed by atoms with E-state index in [1.807, 2.05) is 19.1 Å². The second-order valence-corrected chi connectivity index (χ2v) is 5.62. The van der Waals surface area contributed by atoms with E-state index in [4.69, 9.17) is 0 Å². The van der Waals surface area contributed by atoms with E-state index < -0.39 is 0 Å². The highest BCUT2D eigenvalue weighted by molar-refractivity contribution is 5.94. The lowest BCUT2D eigenvalue weighted by Gasteiger charge is -2.06. The normalized spacial score (nSPS) is 10.4. The van der Waals surface area contributed by atoms with Crippen molar-refractivity contribution in [3.05, 3.63) is 52.8 Å². The summed E-state index contributed by atoms with van der Waals surface area (Å²) in [4.78, 5) is 23.9. The molecule has 0 spiro atoms. The van der Waals surface area contributed by atoms with E-state index in [-0.39, 0.29) is 11.8 Å². The number of nitrogens with one attached hydrogen (secondary N) is 3. The molecule has 0 saturated heterocycles. The van der Waals surface area contributed by atoms with Crippen molar-refractivity contribution in [3.63, 3.8) is 0 Å². The molecule has 6 nitrogen and oxygen atoms in total. The molecule has 1 aromatic carbocycles. The summed E-state index contributed by atoms with van der Waals surface area (Å²) >= 11 is 0. The molecule has 2 aromatic rings. The van der Waals surface area contributed by atoms with Gasteiger partial charge in [0.1, 0.15) is 5.69 Å². The van der Waals surface area contributed by atoms with E-state index in [0.29, 0.717) is 24.3 Å². The fourth-order valence-corrected chi connectivity index (χ4v) is 2.19.